The molecule has 0 aliphatic heterocycles. The van der Waals surface area contributed by atoms with Crippen molar-refractivity contribution < 1.29 is 5.11 Å². The maximum atomic E-state index is 10.1. The van der Waals surface area contributed by atoms with Gasteiger partial charge >= 0.3 is 0 Å². The molecule has 1 nitrogen and oxygen atoms in total. The monoisotopic (exact) mass is 246 g/mol. The van der Waals surface area contributed by atoms with E-state index in [1.807, 2.05) is 18.2 Å². The maximum Gasteiger partial charge on any atom is 0.0782 e. The Morgan fingerprint density at radius 1 is 1.24 bits per heavy atom. The van der Waals surface area contributed by atoms with Crippen molar-refractivity contribution in [2.75, 3.05) is 0 Å². The van der Waals surface area contributed by atoms with Crippen molar-refractivity contribution in [1.29, 1.82) is 0 Å². The molecule has 92 valence electrons. The van der Waals surface area contributed by atoms with E-state index < -0.39 is 8.07 Å². The molecular formula is C15H22OSi. The molecule has 0 aliphatic carbocycles. The fraction of sp³-hybridized carbons (Fsp3) is 0.467. The predicted octanol–water partition coefficient (Wildman–Crippen LogP) is 3.11. The van der Waals surface area contributed by atoms with Gasteiger partial charge in [-0.25, -0.2) is 0 Å². The molecule has 2 unspecified atom stereocenters. The third-order valence-electron chi connectivity index (χ3n) is 3.07. The molecule has 1 aromatic carbocycles. The molecule has 1 rings (SSSR count). The molecule has 1 N–H and O–H groups in total. The van der Waals surface area contributed by atoms with Crippen molar-refractivity contribution in [2.24, 2.45) is 5.92 Å². The SMILES string of the molecule is C#CC(Cc1ccccc1)CC(O)[Si](C)(C)C. The average molecular weight is 246 g/mol. The molecule has 0 fully saturated rings. The van der Waals surface area contributed by atoms with Crippen molar-refractivity contribution >= 4 is 8.07 Å². The second kappa shape index (κ2) is 6.04. The zero-order valence-electron chi connectivity index (χ0n) is 11.0. The Bertz CT molecular complexity index is 372. The quantitative estimate of drug-likeness (QED) is 0.625. The topological polar surface area (TPSA) is 20.2 Å². The minimum absolute atomic E-state index is 0.138. The standard InChI is InChI=1S/C15H22OSi/c1-5-13(12-15(16)17(2,3)4)11-14-9-7-6-8-10-14/h1,6-10,13,15-16H,11-12H2,2-4H3. The summed E-state index contributed by atoms with van der Waals surface area (Å²) in [4.78, 5) is 0. The maximum absolute atomic E-state index is 10.1. The smallest absolute Gasteiger partial charge is 0.0782 e. The minimum atomic E-state index is -1.50. The van der Waals surface area contributed by atoms with Crippen LogP contribution in [0.3, 0.4) is 0 Å². The molecule has 0 saturated heterocycles. The molecule has 17 heavy (non-hydrogen) atoms. The summed E-state index contributed by atoms with van der Waals surface area (Å²) in [5, 5.41) is 10.1. The number of benzene rings is 1. The first kappa shape index (κ1) is 14.0. The molecule has 0 aromatic heterocycles. The Kier molecular flexibility index (Phi) is 4.98. The summed E-state index contributed by atoms with van der Waals surface area (Å²) >= 11 is 0. The highest BCUT2D eigenvalue weighted by molar-refractivity contribution is 6.77. The molecule has 0 radical (unpaired) electrons. The van der Waals surface area contributed by atoms with Gasteiger partial charge in [-0.3, -0.25) is 0 Å². The van der Waals surface area contributed by atoms with Crippen LogP contribution >= 0.6 is 0 Å². The van der Waals surface area contributed by atoms with E-state index >= 15 is 0 Å². The normalized spacial score (nSPS) is 15.0. The summed E-state index contributed by atoms with van der Waals surface area (Å²) in [5.74, 6) is 2.95. The highest BCUT2D eigenvalue weighted by atomic mass is 28.3. The first-order valence-corrected chi connectivity index (χ1v) is 9.69. The summed E-state index contributed by atoms with van der Waals surface area (Å²) in [7, 11) is -1.50. The van der Waals surface area contributed by atoms with Crippen LogP contribution < -0.4 is 0 Å². The van der Waals surface area contributed by atoms with Gasteiger partial charge < -0.3 is 5.11 Å². The van der Waals surface area contributed by atoms with Gasteiger partial charge in [0.1, 0.15) is 0 Å². The lowest BCUT2D eigenvalue weighted by molar-refractivity contribution is 0.218. The lowest BCUT2D eigenvalue weighted by Crippen LogP contribution is -2.39. The van der Waals surface area contributed by atoms with Gasteiger partial charge in [-0.2, -0.15) is 0 Å². The van der Waals surface area contributed by atoms with Gasteiger partial charge in [0.15, 0.2) is 0 Å². The first-order valence-electron chi connectivity index (χ1n) is 6.11. The van der Waals surface area contributed by atoms with E-state index in [2.05, 4.69) is 37.7 Å². The number of aliphatic hydroxyl groups is 1. The highest BCUT2D eigenvalue weighted by Crippen LogP contribution is 2.19. The molecule has 0 saturated carbocycles. The van der Waals surface area contributed by atoms with Crippen LogP contribution in [0, 0.1) is 18.3 Å². The fourth-order valence-corrected chi connectivity index (χ4v) is 2.72. The van der Waals surface area contributed by atoms with Crippen molar-refractivity contribution in [3.8, 4) is 12.3 Å². The molecule has 2 heteroatoms. The Morgan fingerprint density at radius 3 is 2.29 bits per heavy atom. The number of terminal acetylenes is 1. The van der Waals surface area contributed by atoms with Gasteiger partial charge in [-0.15, -0.1) is 12.3 Å². The Morgan fingerprint density at radius 2 is 1.82 bits per heavy atom. The lowest BCUT2D eigenvalue weighted by Gasteiger charge is -2.26. The number of rotatable bonds is 5. The third-order valence-corrected chi connectivity index (χ3v) is 5.30. The van der Waals surface area contributed by atoms with Crippen molar-refractivity contribution in [1.82, 2.24) is 0 Å². The van der Waals surface area contributed by atoms with Crippen LogP contribution in [0.4, 0.5) is 0 Å². The molecular weight excluding hydrogens is 224 g/mol. The summed E-state index contributed by atoms with van der Waals surface area (Å²) in [6.45, 7) is 6.52. The van der Waals surface area contributed by atoms with Crippen LogP contribution in [0.5, 0.6) is 0 Å². The van der Waals surface area contributed by atoms with Gasteiger partial charge in [-0.05, 0) is 18.4 Å². The summed E-state index contributed by atoms with van der Waals surface area (Å²) in [6, 6.07) is 10.2. The molecule has 2 atom stereocenters. The average Bonchev–Trinajstić information content (AvgIpc) is 2.28. The van der Waals surface area contributed by atoms with E-state index in [9.17, 15) is 5.11 Å². The van der Waals surface area contributed by atoms with Gasteiger partial charge in [0.2, 0.25) is 0 Å². The van der Waals surface area contributed by atoms with Crippen LogP contribution in [0.2, 0.25) is 19.6 Å². The van der Waals surface area contributed by atoms with E-state index in [-0.39, 0.29) is 11.6 Å². The first-order chi connectivity index (χ1) is 7.93. The van der Waals surface area contributed by atoms with Crippen LogP contribution in [0.15, 0.2) is 30.3 Å². The summed E-state index contributed by atoms with van der Waals surface area (Å²) in [5.41, 5.74) is 1.03. The lowest BCUT2D eigenvalue weighted by atomic mass is 9.97. The largest absolute Gasteiger partial charge is 0.397 e. The van der Waals surface area contributed by atoms with E-state index in [4.69, 9.17) is 6.42 Å². The van der Waals surface area contributed by atoms with Gasteiger partial charge in [-0.1, -0.05) is 50.0 Å². The number of aliphatic hydroxyl groups excluding tert-OH is 1. The van der Waals surface area contributed by atoms with E-state index in [1.54, 1.807) is 0 Å². The zero-order valence-corrected chi connectivity index (χ0v) is 12.0. The van der Waals surface area contributed by atoms with Crippen LogP contribution in [0.1, 0.15) is 12.0 Å². The second-order valence-electron chi connectivity index (χ2n) is 5.67. The predicted molar refractivity (Wildman–Crippen MR) is 76.4 cm³/mol. The molecule has 0 aliphatic rings. The van der Waals surface area contributed by atoms with Crippen molar-refractivity contribution in [3.05, 3.63) is 35.9 Å². The zero-order chi connectivity index (χ0) is 12.9. The molecule has 0 amide bonds. The van der Waals surface area contributed by atoms with Gasteiger partial charge in [0.25, 0.3) is 0 Å². The molecule has 0 heterocycles. The molecule has 1 aromatic rings. The number of hydrogen-bond donors (Lipinski definition) is 1. The second-order valence-corrected chi connectivity index (χ2v) is 11.1. The van der Waals surface area contributed by atoms with Crippen LogP contribution in [-0.2, 0) is 6.42 Å². The summed E-state index contributed by atoms with van der Waals surface area (Å²) in [6.07, 6.45) is 7.15. The summed E-state index contributed by atoms with van der Waals surface area (Å²) < 4.78 is 0. The third kappa shape index (κ3) is 4.76. The Hall–Kier alpha value is -1.04. The Balaban J connectivity index is 2.60. The van der Waals surface area contributed by atoms with Gasteiger partial charge in [0, 0.05) is 11.6 Å². The Labute approximate surface area is 106 Å². The highest BCUT2D eigenvalue weighted by Gasteiger charge is 2.26. The van der Waals surface area contributed by atoms with Crippen molar-refractivity contribution in [2.45, 2.75) is 38.2 Å². The fourth-order valence-electron chi connectivity index (χ4n) is 1.73. The van der Waals surface area contributed by atoms with E-state index in [1.165, 1.54) is 5.56 Å². The van der Waals surface area contributed by atoms with Crippen LogP contribution in [-0.4, -0.2) is 18.9 Å². The van der Waals surface area contributed by atoms with E-state index in [0.29, 0.717) is 0 Å². The van der Waals surface area contributed by atoms with Gasteiger partial charge in [0.05, 0.1) is 8.07 Å². The molecule has 0 spiro atoms. The number of hydrogen-bond acceptors (Lipinski definition) is 1. The van der Waals surface area contributed by atoms with Crippen molar-refractivity contribution in [3.63, 3.8) is 0 Å². The van der Waals surface area contributed by atoms with Crippen LogP contribution in [0.25, 0.3) is 0 Å². The minimum Gasteiger partial charge on any atom is -0.397 e. The molecule has 0 bridgehead atoms. The van der Waals surface area contributed by atoms with E-state index in [0.717, 1.165) is 12.8 Å².